The zero-order valence-corrected chi connectivity index (χ0v) is 12.6. The van der Waals surface area contributed by atoms with Gasteiger partial charge in [0.2, 0.25) is 0 Å². The van der Waals surface area contributed by atoms with Gasteiger partial charge in [-0.1, -0.05) is 18.2 Å². The van der Waals surface area contributed by atoms with Crippen molar-refractivity contribution in [2.75, 3.05) is 0 Å². The molecule has 24 heavy (non-hydrogen) atoms. The summed E-state index contributed by atoms with van der Waals surface area (Å²) in [6, 6.07) is 14.5. The molecule has 0 amide bonds. The fourth-order valence-corrected chi connectivity index (χ4v) is 3.68. The first-order valence-electron chi connectivity index (χ1n) is 7.84. The molecule has 0 bridgehead atoms. The summed E-state index contributed by atoms with van der Waals surface area (Å²) in [5, 5.41) is 5.59. The van der Waals surface area contributed by atoms with Crippen LogP contribution in [0.25, 0.3) is 49.3 Å². The van der Waals surface area contributed by atoms with Crippen molar-refractivity contribution in [2.45, 2.75) is 0 Å². The van der Waals surface area contributed by atoms with Crippen molar-refractivity contribution < 1.29 is 4.42 Å². The van der Waals surface area contributed by atoms with Crippen LogP contribution in [0, 0.1) is 0 Å². The minimum absolute atomic E-state index is 0.904. The largest absolute Gasteiger partial charge is 0.456 e. The van der Waals surface area contributed by atoms with Gasteiger partial charge in [0.1, 0.15) is 16.8 Å². The standard InChI is InChI=1S/C20H11N3O/c1-2-4-18-13(3-1)15-9-17-14(10-19(15)24-18)12-5-6-21-11-16(12)20-22-7-8-23(17)20/h1-11H. The van der Waals surface area contributed by atoms with Crippen molar-refractivity contribution in [3.8, 4) is 0 Å². The van der Waals surface area contributed by atoms with Crippen LogP contribution in [0.3, 0.4) is 0 Å². The van der Waals surface area contributed by atoms with E-state index in [1.807, 2.05) is 49.1 Å². The monoisotopic (exact) mass is 309 g/mol. The zero-order valence-electron chi connectivity index (χ0n) is 12.6. The second-order valence-corrected chi connectivity index (χ2v) is 6.01. The molecule has 0 aliphatic carbocycles. The number of benzene rings is 2. The van der Waals surface area contributed by atoms with Crippen molar-refractivity contribution >= 4 is 49.3 Å². The summed E-state index contributed by atoms with van der Waals surface area (Å²) < 4.78 is 8.19. The van der Waals surface area contributed by atoms with Gasteiger partial charge in [-0.3, -0.25) is 9.38 Å². The second kappa shape index (κ2) is 4.11. The van der Waals surface area contributed by atoms with Gasteiger partial charge in [-0.05, 0) is 29.7 Å². The fraction of sp³-hybridized carbons (Fsp3) is 0. The summed E-state index contributed by atoms with van der Waals surface area (Å²) in [4.78, 5) is 8.80. The van der Waals surface area contributed by atoms with Crippen LogP contribution in [0.1, 0.15) is 0 Å². The minimum atomic E-state index is 0.904. The topological polar surface area (TPSA) is 43.3 Å². The Morgan fingerprint density at radius 3 is 2.75 bits per heavy atom. The number of para-hydroxylation sites is 1. The summed E-state index contributed by atoms with van der Waals surface area (Å²) in [5.74, 6) is 0. The number of rotatable bonds is 0. The van der Waals surface area contributed by atoms with Crippen molar-refractivity contribution in [1.82, 2.24) is 14.4 Å². The highest BCUT2D eigenvalue weighted by Crippen LogP contribution is 2.35. The molecule has 4 heteroatoms. The number of hydrogen-bond donors (Lipinski definition) is 0. The van der Waals surface area contributed by atoms with Gasteiger partial charge in [-0.25, -0.2) is 4.98 Å². The van der Waals surface area contributed by atoms with E-state index >= 15 is 0 Å². The Labute approximate surface area is 136 Å². The molecule has 4 aromatic heterocycles. The van der Waals surface area contributed by atoms with E-state index in [1.54, 1.807) is 0 Å². The fourth-order valence-electron chi connectivity index (χ4n) is 3.68. The predicted molar refractivity (Wildman–Crippen MR) is 95.3 cm³/mol. The second-order valence-electron chi connectivity index (χ2n) is 6.01. The molecule has 112 valence electrons. The maximum atomic E-state index is 6.06. The molecule has 0 N–H and O–H groups in total. The van der Waals surface area contributed by atoms with Crippen LogP contribution in [0.5, 0.6) is 0 Å². The van der Waals surface area contributed by atoms with Crippen LogP contribution in [-0.2, 0) is 0 Å². The summed E-state index contributed by atoms with van der Waals surface area (Å²) in [7, 11) is 0. The molecule has 0 spiro atoms. The average molecular weight is 309 g/mol. The Hall–Kier alpha value is -3.40. The quantitative estimate of drug-likeness (QED) is 0.373. The number of nitrogens with zero attached hydrogens (tertiary/aromatic N) is 3. The van der Waals surface area contributed by atoms with E-state index in [4.69, 9.17) is 4.42 Å². The van der Waals surface area contributed by atoms with Crippen molar-refractivity contribution in [3.63, 3.8) is 0 Å². The van der Waals surface area contributed by atoms with E-state index in [0.29, 0.717) is 0 Å². The minimum Gasteiger partial charge on any atom is -0.456 e. The molecule has 6 aromatic rings. The number of pyridine rings is 2. The van der Waals surface area contributed by atoms with Gasteiger partial charge < -0.3 is 4.42 Å². The lowest BCUT2D eigenvalue weighted by Gasteiger charge is -2.07. The number of aromatic nitrogens is 3. The molecule has 0 aliphatic heterocycles. The lowest BCUT2D eigenvalue weighted by Crippen LogP contribution is -1.91. The van der Waals surface area contributed by atoms with Crippen LogP contribution in [0.15, 0.2) is 71.7 Å². The molecule has 4 heterocycles. The molecule has 0 saturated heterocycles. The predicted octanol–water partition coefficient (Wildman–Crippen LogP) is 4.94. The molecule has 6 rings (SSSR count). The molecule has 0 saturated carbocycles. The van der Waals surface area contributed by atoms with E-state index in [1.165, 1.54) is 0 Å². The maximum absolute atomic E-state index is 6.06. The van der Waals surface area contributed by atoms with Gasteiger partial charge in [0.15, 0.2) is 0 Å². The SMILES string of the molecule is c1ccc2c(c1)oc1cc3c4ccncc4c4nccn4c3cc12. The molecular weight excluding hydrogens is 298 g/mol. The van der Waals surface area contributed by atoms with Crippen molar-refractivity contribution in [2.24, 2.45) is 0 Å². The molecule has 0 aliphatic rings. The van der Waals surface area contributed by atoms with Crippen LogP contribution in [-0.4, -0.2) is 14.4 Å². The Kier molecular flexibility index (Phi) is 2.07. The number of imidazole rings is 1. The number of furan rings is 1. The van der Waals surface area contributed by atoms with E-state index < -0.39 is 0 Å². The molecule has 0 fully saturated rings. The van der Waals surface area contributed by atoms with Gasteiger partial charge in [0.05, 0.1) is 5.52 Å². The normalized spacial score (nSPS) is 12.2. The molecule has 2 aromatic carbocycles. The lowest BCUT2D eigenvalue weighted by molar-refractivity contribution is 0.669. The average Bonchev–Trinajstić information content (AvgIpc) is 3.25. The summed E-state index contributed by atoms with van der Waals surface area (Å²) in [6.07, 6.45) is 7.53. The Morgan fingerprint density at radius 2 is 1.75 bits per heavy atom. The van der Waals surface area contributed by atoms with Gasteiger partial charge in [-0.2, -0.15) is 0 Å². The Balaban J connectivity index is 1.97. The third-order valence-electron chi connectivity index (χ3n) is 4.75. The first-order valence-corrected chi connectivity index (χ1v) is 7.84. The number of hydrogen-bond acceptors (Lipinski definition) is 3. The third-order valence-corrected chi connectivity index (χ3v) is 4.75. The highest BCUT2D eigenvalue weighted by molar-refractivity contribution is 6.17. The highest BCUT2D eigenvalue weighted by Gasteiger charge is 2.13. The van der Waals surface area contributed by atoms with Gasteiger partial charge in [0.25, 0.3) is 0 Å². The smallest absolute Gasteiger partial charge is 0.146 e. The van der Waals surface area contributed by atoms with E-state index in [-0.39, 0.29) is 0 Å². The van der Waals surface area contributed by atoms with Gasteiger partial charge >= 0.3 is 0 Å². The first kappa shape index (κ1) is 12.1. The molecule has 0 unspecified atom stereocenters. The van der Waals surface area contributed by atoms with Crippen LogP contribution >= 0.6 is 0 Å². The maximum Gasteiger partial charge on any atom is 0.146 e. The van der Waals surface area contributed by atoms with E-state index in [2.05, 4.69) is 32.6 Å². The van der Waals surface area contributed by atoms with E-state index in [0.717, 1.165) is 49.3 Å². The summed E-state index contributed by atoms with van der Waals surface area (Å²) in [6.45, 7) is 0. The summed E-state index contributed by atoms with van der Waals surface area (Å²) in [5.41, 5.74) is 3.87. The molecular formula is C20H11N3O. The Morgan fingerprint density at radius 1 is 0.792 bits per heavy atom. The number of fused-ring (bicyclic) bond motifs is 9. The van der Waals surface area contributed by atoms with Gasteiger partial charge in [0, 0.05) is 46.3 Å². The van der Waals surface area contributed by atoms with Gasteiger partial charge in [-0.15, -0.1) is 0 Å². The van der Waals surface area contributed by atoms with E-state index in [9.17, 15) is 0 Å². The zero-order chi connectivity index (χ0) is 15.7. The summed E-state index contributed by atoms with van der Waals surface area (Å²) >= 11 is 0. The third kappa shape index (κ3) is 1.38. The lowest BCUT2D eigenvalue weighted by atomic mass is 10.0. The van der Waals surface area contributed by atoms with Crippen molar-refractivity contribution in [1.29, 1.82) is 0 Å². The highest BCUT2D eigenvalue weighted by atomic mass is 16.3. The van der Waals surface area contributed by atoms with Crippen LogP contribution in [0.2, 0.25) is 0 Å². The van der Waals surface area contributed by atoms with Crippen LogP contribution < -0.4 is 0 Å². The van der Waals surface area contributed by atoms with Crippen LogP contribution in [0.4, 0.5) is 0 Å². The molecule has 0 atom stereocenters. The molecule has 0 radical (unpaired) electrons. The molecule has 4 nitrogen and oxygen atoms in total. The first-order chi connectivity index (χ1) is 11.9. The van der Waals surface area contributed by atoms with Crippen molar-refractivity contribution in [3.05, 3.63) is 67.3 Å². The Bertz CT molecular complexity index is 1410.